The molecule has 2 aromatic heterocycles. The van der Waals surface area contributed by atoms with E-state index < -0.39 is 0 Å². The first-order chi connectivity index (χ1) is 12.5. The average molecular weight is 353 g/mol. The van der Waals surface area contributed by atoms with E-state index >= 15 is 0 Å². The lowest BCUT2D eigenvalue weighted by molar-refractivity contribution is -0.117. The molecular formula is C19H20FN5O. The zero-order valence-corrected chi connectivity index (χ0v) is 14.7. The molecule has 3 aromatic rings. The van der Waals surface area contributed by atoms with E-state index in [0.29, 0.717) is 17.3 Å². The molecule has 26 heavy (non-hydrogen) atoms. The van der Waals surface area contributed by atoms with E-state index in [2.05, 4.69) is 20.6 Å². The summed E-state index contributed by atoms with van der Waals surface area (Å²) in [5, 5.41) is 14.3. The number of amides is 1. The van der Waals surface area contributed by atoms with Crippen molar-refractivity contribution in [2.45, 2.75) is 38.5 Å². The molecule has 0 saturated heterocycles. The maximum absolute atomic E-state index is 13.4. The summed E-state index contributed by atoms with van der Waals surface area (Å²) in [6, 6.07) is 6.69. The zero-order valence-electron chi connectivity index (χ0n) is 14.7. The third kappa shape index (κ3) is 3.24. The number of halogens is 1. The molecule has 7 heteroatoms. The van der Waals surface area contributed by atoms with Crippen LogP contribution in [0.15, 0.2) is 36.7 Å². The lowest BCUT2D eigenvalue weighted by Crippen LogP contribution is -2.18. The smallest absolute Gasteiger partial charge is 0.232 e. The van der Waals surface area contributed by atoms with Gasteiger partial charge < -0.3 is 5.32 Å². The largest absolute Gasteiger partial charge is 0.309 e. The van der Waals surface area contributed by atoms with Crippen LogP contribution in [-0.2, 0) is 4.79 Å². The molecule has 134 valence electrons. The monoisotopic (exact) mass is 353 g/mol. The fourth-order valence-electron chi connectivity index (χ4n) is 2.86. The van der Waals surface area contributed by atoms with Crippen LogP contribution in [0.3, 0.4) is 0 Å². The average Bonchev–Trinajstić information content (AvgIpc) is 3.17. The van der Waals surface area contributed by atoms with Gasteiger partial charge in [0.05, 0.1) is 17.8 Å². The SMILES string of the molecule is Cc1cc(-n2cc([C@H](C)C(=O)Nc3cc(C4CC4)[nH]n3)cn2)ccc1F. The summed E-state index contributed by atoms with van der Waals surface area (Å²) in [6.45, 7) is 3.53. The molecule has 1 atom stereocenters. The van der Waals surface area contributed by atoms with Gasteiger partial charge in [0.2, 0.25) is 5.91 Å². The highest BCUT2D eigenvalue weighted by atomic mass is 19.1. The first kappa shape index (κ1) is 16.5. The number of hydrogen-bond donors (Lipinski definition) is 2. The summed E-state index contributed by atoms with van der Waals surface area (Å²) in [5.41, 5.74) is 3.16. The second-order valence-electron chi connectivity index (χ2n) is 6.85. The van der Waals surface area contributed by atoms with Crippen molar-refractivity contribution in [1.29, 1.82) is 0 Å². The molecule has 0 unspecified atom stereocenters. The minimum Gasteiger partial charge on any atom is -0.309 e. The van der Waals surface area contributed by atoms with E-state index in [9.17, 15) is 9.18 Å². The zero-order chi connectivity index (χ0) is 18.3. The van der Waals surface area contributed by atoms with Crippen LogP contribution >= 0.6 is 0 Å². The Balaban J connectivity index is 1.46. The van der Waals surface area contributed by atoms with Crippen LogP contribution in [0.25, 0.3) is 5.69 Å². The molecule has 0 aliphatic heterocycles. The van der Waals surface area contributed by atoms with Gasteiger partial charge in [0.15, 0.2) is 5.82 Å². The Hall–Kier alpha value is -2.96. The summed E-state index contributed by atoms with van der Waals surface area (Å²) in [5.74, 6) is 0.326. The maximum atomic E-state index is 13.4. The van der Waals surface area contributed by atoms with E-state index in [0.717, 1.165) is 16.9 Å². The number of aryl methyl sites for hydroxylation is 1. The molecule has 0 radical (unpaired) electrons. The van der Waals surface area contributed by atoms with Crippen LogP contribution in [0.2, 0.25) is 0 Å². The number of nitrogens with zero attached hydrogens (tertiary/aromatic N) is 3. The molecule has 1 aliphatic carbocycles. The van der Waals surface area contributed by atoms with E-state index in [1.54, 1.807) is 36.1 Å². The van der Waals surface area contributed by atoms with Crippen molar-refractivity contribution in [2.75, 3.05) is 5.32 Å². The van der Waals surface area contributed by atoms with Crippen LogP contribution in [0.5, 0.6) is 0 Å². The van der Waals surface area contributed by atoms with Crippen LogP contribution < -0.4 is 5.32 Å². The van der Waals surface area contributed by atoms with Gasteiger partial charge in [-0.1, -0.05) is 0 Å². The minimum atomic E-state index is -0.383. The highest BCUT2D eigenvalue weighted by Gasteiger charge is 2.26. The van der Waals surface area contributed by atoms with Crippen molar-refractivity contribution in [1.82, 2.24) is 20.0 Å². The van der Waals surface area contributed by atoms with E-state index in [-0.39, 0.29) is 17.6 Å². The van der Waals surface area contributed by atoms with Crippen LogP contribution in [-0.4, -0.2) is 25.9 Å². The molecular weight excluding hydrogens is 333 g/mol. The Morgan fingerprint density at radius 2 is 2.19 bits per heavy atom. The van der Waals surface area contributed by atoms with Crippen LogP contribution in [0, 0.1) is 12.7 Å². The Bertz CT molecular complexity index is 957. The van der Waals surface area contributed by atoms with Crippen molar-refractivity contribution < 1.29 is 9.18 Å². The molecule has 1 amide bonds. The third-order valence-corrected chi connectivity index (χ3v) is 4.77. The number of rotatable bonds is 5. The van der Waals surface area contributed by atoms with Gasteiger partial charge in [0.25, 0.3) is 0 Å². The lowest BCUT2D eigenvalue weighted by atomic mass is 10.0. The topological polar surface area (TPSA) is 75.6 Å². The molecule has 1 saturated carbocycles. The van der Waals surface area contributed by atoms with Gasteiger partial charge >= 0.3 is 0 Å². The number of H-pyrrole nitrogens is 1. The molecule has 1 aromatic carbocycles. The van der Waals surface area contributed by atoms with Crippen LogP contribution in [0.1, 0.15) is 48.4 Å². The molecule has 1 fully saturated rings. The fraction of sp³-hybridized carbons (Fsp3) is 0.316. The predicted molar refractivity (Wildman–Crippen MR) is 95.9 cm³/mol. The Kier molecular flexibility index (Phi) is 4.06. The molecule has 2 heterocycles. The predicted octanol–water partition coefficient (Wildman–Crippen LogP) is 3.66. The molecule has 1 aliphatic rings. The summed E-state index contributed by atoms with van der Waals surface area (Å²) in [7, 11) is 0. The van der Waals surface area contributed by atoms with Crippen LogP contribution in [0.4, 0.5) is 10.2 Å². The number of carbonyl (C=O) groups is 1. The van der Waals surface area contributed by atoms with Gasteiger partial charge in [0, 0.05) is 29.4 Å². The maximum Gasteiger partial charge on any atom is 0.232 e. The summed E-state index contributed by atoms with van der Waals surface area (Å²) in [4.78, 5) is 12.5. The normalized spacial score (nSPS) is 15.0. The van der Waals surface area contributed by atoms with Crippen molar-refractivity contribution >= 4 is 11.7 Å². The van der Waals surface area contributed by atoms with E-state index in [4.69, 9.17) is 0 Å². The first-order valence-electron chi connectivity index (χ1n) is 8.68. The van der Waals surface area contributed by atoms with Crippen molar-refractivity contribution in [3.63, 3.8) is 0 Å². The first-order valence-corrected chi connectivity index (χ1v) is 8.68. The van der Waals surface area contributed by atoms with Crippen molar-refractivity contribution in [3.8, 4) is 5.69 Å². The van der Waals surface area contributed by atoms with Gasteiger partial charge in [-0.05, 0) is 50.5 Å². The van der Waals surface area contributed by atoms with Crippen molar-refractivity contribution in [2.24, 2.45) is 0 Å². The van der Waals surface area contributed by atoms with Gasteiger partial charge in [-0.3, -0.25) is 9.89 Å². The molecule has 0 bridgehead atoms. The quantitative estimate of drug-likeness (QED) is 0.735. The van der Waals surface area contributed by atoms with Gasteiger partial charge in [0.1, 0.15) is 5.82 Å². The lowest BCUT2D eigenvalue weighted by Gasteiger charge is -2.08. The minimum absolute atomic E-state index is 0.145. The molecule has 0 spiro atoms. The number of aromatic nitrogens is 4. The standard InChI is InChI=1S/C19H20FN5O/c1-11-7-15(5-6-16(11)20)25-10-14(9-21-25)12(2)19(26)22-18-8-17(23-24-18)13-3-4-13/h5-10,12-13H,3-4H2,1-2H3,(H2,22,23,24,26)/t12-/m0/s1. The fourth-order valence-corrected chi connectivity index (χ4v) is 2.86. The highest BCUT2D eigenvalue weighted by molar-refractivity contribution is 5.94. The summed E-state index contributed by atoms with van der Waals surface area (Å²) in [6.07, 6.45) is 5.79. The Morgan fingerprint density at radius 3 is 2.92 bits per heavy atom. The van der Waals surface area contributed by atoms with Crippen molar-refractivity contribution in [3.05, 3.63) is 59.3 Å². The number of nitrogens with one attached hydrogen (secondary N) is 2. The number of benzene rings is 1. The number of anilines is 1. The molecule has 2 N–H and O–H groups in total. The molecule has 6 nitrogen and oxygen atoms in total. The van der Waals surface area contributed by atoms with Gasteiger partial charge in [-0.15, -0.1) is 0 Å². The Morgan fingerprint density at radius 1 is 1.38 bits per heavy atom. The second-order valence-corrected chi connectivity index (χ2v) is 6.85. The summed E-state index contributed by atoms with van der Waals surface area (Å²) < 4.78 is 15.1. The number of aromatic amines is 1. The number of hydrogen-bond acceptors (Lipinski definition) is 3. The number of carbonyl (C=O) groups excluding carboxylic acids is 1. The molecule has 4 rings (SSSR count). The van der Waals surface area contributed by atoms with Gasteiger partial charge in [-0.25, -0.2) is 9.07 Å². The summed E-state index contributed by atoms with van der Waals surface area (Å²) >= 11 is 0. The Labute approximate surface area is 150 Å². The van der Waals surface area contributed by atoms with Gasteiger partial charge in [-0.2, -0.15) is 10.2 Å². The third-order valence-electron chi connectivity index (χ3n) is 4.77. The highest BCUT2D eigenvalue weighted by Crippen LogP contribution is 2.39. The van der Waals surface area contributed by atoms with E-state index in [1.807, 2.05) is 13.0 Å². The second kappa shape index (κ2) is 6.40. The van der Waals surface area contributed by atoms with E-state index in [1.165, 1.54) is 18.9 Å².